The highest BCUT2D eigenvalue weighted by Gasteiger charge is 2.18. The molecule has 5 rings (SSSR count). The first-order valence-electron chi connectivity index (χ1n) is 12.4. The van der Waals surface area contributed by atoms with E-state index in [1.807, 2.05) is 74.5 Å². The second kappa shape index (κ2) is 10.3. The van der Waals surface area contributed by atoms with Crippen LogP contribution in [0.3, 0.4) is 0 Å². The van der Waals surface area contributed by atoms with Crippen molar-refractivity contribution < 1.29 is 9.15 Å². The van der Waals surface area contributed by atoms with Gasteiger partial charge in [-0.25, -0.2) is 4.98 Å². The predicted octanol–water partition coefficient (Wildman–Crippen LogP) is 7.61. The van der Waals surface area contributed by atoms with E-state index in [2.05, 4.69) is 18.9 Å². The molecule has 5 aromatic rings. The number of fused-ring (bicyclic) bond motifs is 1. The molecule has 3 aromatic carbocycles. The molecule has 0 fully saturated rings. The van der Waals surface area contributed by atoms with E-state index in [4.69, 9.17) is 25.7 Å². The Morgan fingerprint density at radius 3 is 2.58 bits per heavy atom. The van der Waals surface area contributed by atoms with E-state index < -0.39 is 0 Å². The summed E-state index contributed by atoms with van der Waals surface area (Å²) in [6.07, 6.45) is 1.53. The van der Waals surface area contributed by atoms with Crippen LogP contribution in [-0.4, -0.2) is 23.0 Å². The fourth-order valence-corrected chi connectivity index (χ4v) is 4.70. The zero-order valence-electron chi connectivity index (χ0n) is 21.9. The molecular formula is C31H28ClN3O3. The van der Waals surface area contributed by atoms with Gasteiger partial charge in [0.05, 0.1) is 24.2 Å². The Labute approximate surface area is 226 Å². The van der Waals surface area contributed by atoms with Crippen LogP contribution in [0.25, 0.3) is 33.6 Å². The molecule has 0 N–H and O–H groups in total. The molecule has 0 bridgehead atoms. The lowest BCUT2D eigenvalue weighted by molar-refractivity contribution is 0.407. The Morgan fingerprint density at radius 2 is 1.82 bits per heavy atom. The van der Waals surface area contributed by atoms with Gasteiger partial charge >= 0.3 is 0 Å². The highest BCUT2D eigenvalue weighted by atomic mass is 35.5. The maximum absolute atomic E-state index is 13.6. The third kappa shape index (κ3) is 4.63. The minimum absolute atomic E-state index is 0.213. The van der Waals surface area contributed by atoms with Gasteiger partial charge in [0.25, 0.3) is 5.56 Å². The molecule has 2 aromatic heterocycles. The van der Waals surface area contributed by atoms with Crippen LogP contribution in [0.15, 0.2) is 81.0 Å². The summed E-state index contributed by atoms with van der Waals surface area (Å²) in [5.41, 5.74) is 4.94. The first-order valence-corrected chi connectivity index (χ1v) is 12.8. The summed E-state index contributed by atoms with van der Waals surface area (Å²) >= 11 is 6.29. The van der Waals surface area contributed by atoms with Crippen LogP contribution in [0.5, 0.6) is 5.75 Å². The molecule has 0 spiro atoms. The third-order valence-corrected chi connectivity index (χ3v) is 7.06. The number of aromatic nitrogens is 2. The van der Waals surface area contributed by atoms with Crippen molar-refractivity contribution in [1.29, 1.82) is 0 Å². The zero-order chi connectivity index (χ0) is 27.0. The van der Waals surface area contributed by atoms with Gasteiger partial charge < -0.3 is 9.15 Å². The van der Waals surface area contributed by atoms with Crippen molar-refractivity contribution in [2.75, 3.05) is 7.11 Å². The Hall–Kier alpha value is -4.16. The fourth-order valence-electron chi connectivity index (χ4n) is 4.53. The molecule has 0 atom stereocenters. The van der Waals surface area contributed by atoms with Gasteiger partial charge in [0.2, 0.25) is 0 Å². The quantitative estimate of drug-likeness (QED) is 0.214. The molecule has 7 heteroatoms. The molecular weight excluding hydrogens is 498 g/mol. The number of para-hydroxylation sites is 1. The second-order valence-corrected chi connectivity index (χ2v) is 9.90. The average Bonchev–Trinajstić information content (AvgIpc) is 3.38. The van der Waals surface area contributed by atoms with Crippen molar-refractivity contribution in [1.82, 2.24) is 9.66 Å². The van der Waals surface area contributed by atoms with Crippen molar-refractivity contribution in [2.24, 2.45) is 5.10 Å². The van der Waals surface area contributed by atoms with E-state index in [0.29, 0.717) is 33.3 Å². The lowest BCUT2D eigenvalue weighted by Gasteiger charge is -2.17. The molecule has 2 heterocycles. The van der Waals surface area contributed by atoms with E-state index >= 15 is 0 Å². The van der Waals surface area contributed by atoms with Crippen molar-refractivity contribution in [3.8, 4) is 28.5 Å². The van der Waals surface area contributed by atoms with Crippen LogP contribution in [0.2, 0.25) is 5.02 Å². The summed E-state index contributed by atoms with van der Waals surface area (Å²) < 4.78 is 13.0. The number of ether oxygens (including phenoxy) is 1. The summed E-state index contributed by atoms with van der Waals surface area (Å²) in [6.45, 7) is 8.13. The number of halogens is 1. The Kier molecular flexibility index (Phi) is 6.91. The summed E-state index contributed by atoms with van der Waals surface area (Å²) in [5, 5.41) is 5.73. The molecule has 0 unspecified atom stereocenters. The molecule has 6 nitrogen and oxygen atoms in total. The van der Waals surface area contributed by atoms with Crippen molar-refractivity contribution >= 4 is 28.7 Å². The standard InChI is InChI=1S/C31H28ClN3O3/c1-18(2)24-16-25(19(3)15-29(24)37-5)30-34-27-12-7-6-9-23(27)31(36)35(30)33-17-21-13-14-28(38-21)22-10-8-11-26(32)20(22)4/h6-18H,1-5H3. The monoisotopic (exact) mass is 525 g/mol. The molecule has 0 aliphatic heterocycles. The normalized spacial score (nSPS) is 11.7. The average molecular weight is 526 g/mol. The number of methoxy groups -OCH3 is 1. The number of aryl methyl sites for hydroxylation is 1. The second-order valence-electron chi connectivity index (χ2n) is 9.49. The molecule has 0 amide bonds. The molecule has 0 saturated heterocycles. The van der Waals surface area contributed by atoms with Crippen molar-refractivity contribution in [3.05, 3.63) is 105 Å². The smallest absolute Gasteiger partial charge is 0.282 e. The fraction of sp³-hybridized carbons (Fsp3) is 0.194. The number of nitrogens with zero attached hydrogens (tertiary/aromatic N) is 3. The van der Waals surface area contributed by atoms with E-state index in [0.717, 1.165) is 33.6 Å². The zero-order valence-corrected chi connectivity index (χ0v) is 22.7. The molecule has 0 saturated carbocycles. The van der Waals surface area contributed by atoms with Crippen molar-refractivity contribution in [3.63, 3.8) is 0 Å². The number of furan rings is 1. The van der Waals surface area contributed by atoms with Gasteiger partial charge in [-0.2, -0.15) is 9.78 Å². The van der Waals surface area contributed by atoms with Gasteiger partial charge in [0, 0.05) is 16.1 Å². The van der Waals surface area contributed by atoms with E-state index in [9.17, 15) is 4.79 Å². The molecule has 38 heavy (non-hydrogen) atoms. The first kappa shape index (κ1) is 25.5. The van der Waals surface area contributed by atoms with Gasteiger partial charge in [-0.05, 0) is 78.9 Å². The molecule has 0 radical (unpaired) electrons. The maximum atomic E-state index is 13.6. The van der Waals surface area contributed by atoms with E-state index in [1.165, 1.54) is 10.9 Å². The van der Waals surface area contributed by atoms with E-state index in [-0.39, 0.29) is 11.5 Å². The minimum Gasteiger partial charge on any atom is -0.496 e. The molecule has 192 valence electrons. The van der Waals surface area contributed by atoms with E-state index in [1.54, 1.807) is 13.2 Å². The summed E-state index contributed by atoms with van der Waals surface area (Å²) in [5.74, 6) is 2.64. The Bertz CT molecular complexity index is 1750. The highest BCUT2D eigenvalue weighted by Crippen LogP contribution is 2.34. The predicted molar refractivity (Wildman–Crippen MR) is 154 cm³/mol. The van der Waals surface area contributed by atoms with Gasteiger partial charge in [-0.3, -0.25) is 4.79 Å². The molecule has 0 aliphatic rings. The van der Waals surface area contributed by atoms with Crippen LogP contribution >= 0.6 is 11.6 Å². The van der Waals surface area contributed by atoms with Gasteiger partial charge in [0.15, 0.2) is 5.82 Å². The number of hydrogen-bond acceptors (Lipinski definition) is 5. The van der Waals surface area contributed by atoms with Crippen molar-refractivity contribution in [2.45, 2.75) is 33.6 Å². The van der Waals surface area contributed by atoms with Crippen LogP contribution < -0.4 is 10.3 Å². The maximum Gasteiger partial charge on any atom is 0.282 e. The van der Waals surface area contributed by atoms with Gasteiger partial charge in [0.1, 0.15) is 17.3 Å². The first-order chi connectivity index (χ1) is 18.3. The minimum atomic E-state index is -0.263. The number of hydrogen-bond donors (Lipinski definition) is 0. The van der Waals surface area contributed by atoms with Crippen LogP contribution in [-0.2, 0) is 0 Å². The third-order valence-electron chi connectivity index (χ3n) is 6.65. The summed E-state index contributed by atoms with van der Waals surface area (Å²) in [4.78, 5) is 18.5. The SMILES string of the molecule is COc1cc(C)c(-c2nc3ccccc3c(=O)n2N=Cc2ccc(-c3cccc(Cl)c3C)o2)cc1C(C)C. The highest BCUT2D eigenvalue weighted by molar-refractivity contribution is 6.31. The van der Waals surface area contributed by atoms with Crippen LogP contribution in [0, 0.1) is 13.8 Å². The largest absolute Gasteiger partial charge is 0.496 e. The summed E-state index contributed by atoms with van der Waals surface area (Å²) in [6, 6.07) is 20.7. The lowest BCUT2D eigenvalue weighted by Crippen LogP contribution is -2.20. The summed E-state index contributed by atoms with van der Waals surface area (Å²) in [7, 11) is 1.66. The molecule has 0 aliphatic carbocycles. The van der Waals surface area contributed by atoms with Crippen LogP contribution in [0.1, 0.15) is 42.2 Å². The Morgan fingerprint density at radius 1 is 1.03 bits per heavy atom. The Balaban J connectivity index is 1.66. The van der Waals surface area contributed by atoms with Gasteiger partial charge in [-0.1, -0.05) is 49.7 Å². The number of rotatable bonds is 6. The lowest BCUT2D eigenvalue weighted by atomic mass is 9.96. The number of benzene rings is 3. The van der Waals surface area contributed by atoms with Gasteiger partial charge in [-0.15, -0.1) is 0 Å². The van der Waals surface area contributed by atoms with Crippen LogP contribution in [0.4, 0.5) is 0 Å². The topological polar surface area (TPSA) is 69.6 Å².